The van der Waals surface area contributed by atoms with Crippen molar-refractivity contribution in [1.29, 1.82) is 0 Å². The molecule has 0 fully saturated rings. The SMILES string of the molecule is CCCCSC(C)CNC(C)CCC. The fourth-order valence-corrected chi connectivity index (χ4v) is 2.46. The van der Waals surface area contributed by atoms with Gasteiger partial charge in [-0.3, -0.25) is 0 Å². The molecule has 0 spiro atoms. The van der Waals surface area contributed by atoms with Gasteiger partial charge < -0.3 is 5.32 Å². The Morgan fingerprint density at radius 1 is 1.14 bits per heavy atom. The van der Waals surface area contributed by atoms with Gasteiger partial charge in [0.15, 0.2) is 0 Å². The van der Waals surface area contributed by atoms with Gasteiger partial charge in [0, 0.05) is 17.8 Å². The Bertz CT molecular complexity index is 117. The van der Waals surface area contributed by atoms with Crippen LogP contribution in [0.4, 0.5) is 0 Å². The zero-order valence-electron chi connectivity index (χ0n) is 10.3. The van der Waals surface area contributed by atoms with Crippen molar-refractivity contribution in [2.45, 2.75) is 64.7 Å². The van der Waals surface area contributed by atoms with Crippen molar-refractivity contribution in [2.24, 2.45) is 0 Å². The molecule has 0 amide bonds. The molecule has 0 aromatic rings. The zero-order valence-corrected chi connectivity index (χ0v) is 11.1. The molecule has 2 atom stereocenters. The maximum Gasteiger partial charge on any atom is 0.0144 e. The number of hydrogen-bond acceptors (Lipinski definition) is 2. The van der Waals surface area contributed by atoms with Crippen molar-refractivity contribution in [3.63, 3.8) is 0 Å². The summed E-state index contributed by atoms with van der Waals surface area (Å²) in [7, 11) is 0. The maximum atomic E-state index is 3.59. The fraction of sp³-hybridized carbons (Fsp3) is 1.00. The third-order valence-electron chi connectivity index (χ3n) is 2.38. The minimum atomic E-state index is 0.689. The summed E-state index contributed by atoms with van der Waals surface area (Å²) in [6.45, 7) is 10.3. The molecule has 86 valence electrons. The predicted molar refractivity (Wildman–Crippen MR) is 69.2 cm³/mol. The van der Waals surface area contributed by atoms with Gasteiger partial charge in [-0.05, 0) is 25.5 Å². The number of unbranched alkanes of at least 4 members (excludes halogenated alkanes) is 1. The Hall–Kier alpha value is 0.310. The highest BCUT2D eigenvalue weighted by atomic mass is 32.2. The second kappa shape index (κ2) is 9.85. The average Bonchev–Trinajstić information content (AvgIpc) is 2.16. The second-order valence-electron chi connectivity index (χ2n) is 4.13. The molecular formula is C12H27NS. The van der Waals surface area contributed by atoms with E-state index in [0.29, 0.717) is 6.04 Å². The molecule has 0 saturated heterocycles. The van der Waals surface area contributed by atoms with Gasteiger partial charge >= 0.3 is 0 Å². The minimum absolute atomic E-state index is 0.689. The molecule has 0 radical (unpaired) electrons. The van der Waals surface area contributed by atoms with Crippen LogP contribution in [0.1, 0.15) is 53.4 Å². The van der Waals surface area contributed by atoms with Gasteiger partial charge in [-0.15, -0.1) is 0 Å². The summed E-state index contributed by atoms with van der Waals surface area (Å²) in [5.41, 5.74) is 0. The molecule has 0 rings (SSSR count). The molecule has 1 N–H and O–H groups in total. The van der Waals surface area contributed by atoms with E-state index in [4.69, 9.17) is 0 Å². The van der Waals surface area contributed by atoms with Crippen LogP contribution < -0.4 is 5.32 Å². The number of rotatable bonds is 9. The van der Waals surface area contributed by atoms with Crippen molar-refractivity contribution in [2.75, 3.05) is 12.3 Å². The highest BCUT2D eigenvalue weighted by molar-refractivity contribution is 7.99. The van der Waals surface area contributed by atoms with Crippen LogP contribution in [0.2, 0.25) is 0 Å². The monoisotopic (exact) mass is 217 g/mol. The second-order valence-corrected chi connectivity index (χ2v) is 5.68. The Kier molecular flexibility index (Phi) is 10.1. The predicted octanol–water partition coefficient (Wildman–Crippen LogP) is 3.69. The number of hydrogen-bond donors (Lipinski definition) is 1. The molecule has 0 aromatic heterocycles. The molecule has 1 nitrogen and oxygen atoms in total. The lowest BCUT2D eigenvalue weighted by molar-refractivity contribution is 0.511. The summed E-state index contributed by atoms with van der Waals surface area (Å²) in [4.78, 5) is 0. The molecule has 0 aliphatic carbocycles. The van der Waals surface area contributed by atoms with Crippen molar-refractivity contribution in [3.05, 3.63) is 0 Å². The topological polar surface area (TPSA) is 12.0 Å². The van der Waals surface area contributed by atoms with Crippen LogP contribution >= 0.6 is 11.8 Å². The van der Waals surface area contributed by atoms with Crippen LogP contribution in [0, 0.1) is 0 Å². The van der Waals surface area contributed by atoms with Crippen LogP contribution in [0.25, 0.3) is 0 Å². The first-order valence-corrected chi connectivity index (χ1v) is 7.10. The van der Waals surface area contributed by atoms with Crippen LogP contribution in [0.3, 0.4) is 0 Å². The van der Waals surface area contributed by atoms with E-state index < -0.39 is 0 Å². The smallest absolute Gasteiger partial charge is 0.0144 e. The van der Waals surface area contributed by atoms with Crippen molar-refractivity contribution >= 4 is 11.8 Å². The van der Waals surface area contributed by atoms with Gasteiger partial charge in [0.25, 0.3) is 0 Å². The first kappa shape index (κ1) is 14.3. The quantitative estimate of drug-likeness (QED) is 0.591. The minimum Gasteiger partial charge on any atom is -0.313 e. The van der Waals surface area contributed by atoms with E-state index in [-0.39, 0.29) is 0 Å². The highest BCUT2D eigenvalue weighted by Gasteiger charge is 2.04. The van der Waals surface area contributed by atoms with E-state index in [1.54, 1.807) is 0 Å². The number of thioether (sulfide) groups is 1. The van der Waals surface area contributed by atoms with Crippen molar-refractivity contribution in [3.8, 4) is 0 Å². The van der Waals surface area contributed by atoms with Gasteiger partial charge in [0.2, 0.25) is 0 Å². The molecule has 0 aliphatic rings. The fourth-order valence-electron chi connectivity index (χ4n) is 1.39. The largest absolute Gasteiger partial charge is 0.313 e. The Labute approximate surface area is 94.4 Å². The lowest BCUT2D eigenvalue weighted by Crippen LogP contribution is -2.31. The molecule has 14 heavy (non-hydrogen) atoms. The highest BCUT2D eigenvalue weighted by Crippen LogP contribution is 2.12. The molecular weight excluding hydrogens is 190 g/mol. The molecule has 0 saturated carbocycles. The van der Waals surface area contributed by atoms with E-state index in [9.17, 15) is 0 Å². The van der Waals surface area contributed by atoms with Crippen molar-refractivity contribution < 1.29 is 0 Å². The summed E-state index contributed by atoms with van der Waals surface area (Å²) >= 11 is 2.10. The summed E-state index contributed by atoms with van der Waals surface area (Å²) in [6, 6.07) is 0.689. The maximum absolute atomic E-state index is 3.59. The first-order chi connectivity index (χ1) is 6.70. The third kappa shape index (κ3) is 8.89. The van der Waals surface area contributed by atoms with E-state index >= 15 is 0 Å². The summed E-state index contributed by atoms with van der Waals surface area (Å²) < 4.78 is 0. The van der Waals surface area contributed by atoms with Gasteiger partial charge in [-0.2, -0.15) is 11.8 Å². The first-order valence-electron chi connectivity index (χ1n) is 6.05. The van der Waals surface area contributed by atoms with Crippen LogP contribution in [-0.4, -0.2) is 23.6 Å². The standard InChI is InChI=1S/C12H27NS/c1-5-7-9-14-12(4)10-13-11(3)8-6-2/h11-13H,5-10H2,1-4H3. The molecule has 0 aromatic carbocycles. The van der Waals surface area contributed by atoms with Crippen LogP contribution in [-0.2, 0) is 0 Å². The van der Waals surface area contributed by atoms with Crippen LogP contribution in [0.5, 0.6) is 0 Å². The normalized spacial score (nSPS) is 15.4. The van der Waals surface area contributed by atoms with E-state index in [1.807, 2.05) is 0 Å². The van der Waals surface area contributed by atoms with Gasteiger partial charge in [0.05, 0.1) is 0 Å². The Morgan fingerprint density at radius 3 is 2.43 bits per heavy atom. The Balaban J connectivity index is 3.29. The molecule has 0 heterocycles. The Morgan fingerprint density at radius 2 is 1.86 bits per heavy atom. The third-order valence-corrected chi connectivity index (χ3v) is 3.64. The van der Waals surface area contributed by atoms with Gasteiger partial charge in [0.1, 0.15) is 0 Å². The van der Waals surface area contributed by atoms with Gasteiger partial charge in [-0.25, -0.2) is 0 Å². The molecule has 2 heteroatoms. The summed E-state index contributed by atoms with van der Waals surface area (Å²) in [5.74, 6) is 1.32. The van der Waals surface area contributed by atoms with E-state index in [1.165, 1.54) is 31.4 Å². The lowest BCUT2D eigenvalue weighted by Gasteiger charge is -2.16. The number of nitrogens with one attached hydrogen (secondary N) is 1. The van der Waals surface area contributed by atoms with E-state index in [0.717, 1.165) is 11.8 Å². The zero-order chi connectivity index (χ0) is 10.8. The molecule has 0 aliphatic heterocycles. The lowest BCUT2D eigenvalue weighted by atomic mass is 10.2. The van der Waals surface area contributed by atoms with E-state index in [2.05, 4.69) is 44.8 Å². The molecule has 0 bridgehead atoms. The summed E-state index contributed by atoms with van der Waals surface area (Å²) in [6.07, 6.45) is 5.26. The van der Waals surface area contributed by atoms with Gasteiger partial charge in [-0.1, -0.05) is 33.6 Å². The van der Waals surface area contributed by atoms with Crippen LogP contribution in [0.15, 0.2) is 0 Å². The molecule has 2 unspecified atom stereocenters. The summed E-state index contributed by atoms with van der Waals surface area (Å²) in [5, 5.41) is 4.35. The average molecular weight is 217 g/mol. The van der Waals surface area contributed by atoms with Crippen molar-refractivity contribution in [1.82, 2.24) is 5.32 Å².